The summed E-state index contributed by atoms with van der Waals surface area (Å²) in [5.41, 5.74) is 3.01. The molecule has 1 atom stereocenters. The van der Waals surface area contributed by atoms with Gasteiger partial charge in [-0.2, -0.15) is 0 Å². The van der Waals surface area contributed by atoms with Gasteiger partial charge >= 0.3 is 6.02 Å². The van der Waals surface area contributed by atoms with Gasteiger partial charge in [-0.05, 0) is 85.9 Å². The van der Waals surface area contributed by atoms with Crippen molar-refractivity contribution in [3.63, 3.8) is 0 Å². The van der Waals surface area contributed by atoms with E-state index in [1.807, 2.05) is 35.4 Å². The van der Waals surface area contributed by atoms with E-state index in [0.717, 1.165) is 60.8 Å². The standard InChI is InChI=1S/C32H36N4O4/c1-4-20-35-31(37)30(40-32(35)33-34-21-6-5-7-22-34)23-24-8-10-25(11-9-24)36(26-12-16-28(38-2)17-13-26)27-14-18-29(39-3)19-15-27/h4,8-10,12-19,23,25H,1,5-7,11,20-22H2,2-3H3/b30-23+,33-32?. The molecule has 2 aromatic rings. The van der Waals surface area contributed by atoms with Crippen LogP contribution in [0.2, 0.25) is 0 Å². The number of benzene rings is 2. The van der Waals surface area contributed by atoms with E-state index in [-0.39, 0.29) is 17.7 Å². The Balaban J connectivity index is 1.36. The molecule has 2 saturated heterocycles. The van der Waals surface area contributed by atoms with Crippen LogP contribution in [0.1, 0.15) is 25.7 Å². The molecular weight excluding hydrogens is 504 g/mol. The van der Waals surface area contributed by atoms with Gasteiger partial charge in [0.2, 0.25) is 0 Å². The van der Waals surface area contributed by atoms with Gasteiger partial charge in [0, 0.05) is 31.0 Å². The number of amides is 1. The second-order valence-corrected chi connectivity index (χ2v) is 9.84. The zero-order chi connectivity index (χ0) is 27.9. The summed E-state index contributed by atoms with van der Waals surface area (Å²) in [6.07, 6.45) is 14.0. The Labute approximate surface area is 236 Å². The quantitative estimate of drug-likeness (QED) is 0.297. The molecule has 8 nitrogen and oxygen atoms in total. The molecule has 0 bridgehead atoms. The van der Waals surface area contributed by atoms with Gasteiger partial charge in [-0.3, -0.25) is 14.7 Å². The van der Waals surface area contributed by atoms with E-state index in [2.05, 4.69) is 53.0 Å². The SMILES string of the molecule is C=CCN1C(=O)/C(=C\C2=CCC(N(c3ccc(OC)cc3)c3ccc(OC)cc3)C=C2)OC1=NN1CCCCC1. The van der Waals surface area contributed by atoms with Gasteiger partial charge in [-0.1, -0.05) is 24.3 Å². The molecular formula is C32H36N4O4. The molecule has 2 aromatic carbocycles. The first-order chi connectivity index (χ1) is 19.6. The van der Waals surface area contributed by atoms with Crippen molar-refractivity contribution in [2.75, 3.05) is 38.8 Å². The van der Waals surface area contributed by atoms with Crippen LogP contribution in [0.4, 0.5) is 11.4 Å². The molecule has 2 fully saturated rings. The Morgan fingerprint density at radius 3 is 2.15 bits per heavy atom. The van der Waals surface area contributed by atoms with Crippen LogP contribution in [0.25, 0.3) is 0 Å². The van der Waals surface area contributed by atoms with Crippen molar-refractivity contribution in [3.8, 4) is 11.5 Å². The largest absolute Gasteiger partial charge is 0.497 e. The summed E-state index contributed by atoms with van der Waals surface area (Å²) in [5.74, 6) is 1.68. The van der Waals surface area contributed by atoms with E-state index in [1.165, 1.54) is 6.42 Å². The fraction of sp³-hybridized carbons (Fsp3) is 0.312. The highest BCUT2D eigenvalue weighted by Gasteiger charge is 2.35. The minimum absolute atomic E-state index is 0.0672. The maximum atomic E-state index is 13.2. The number of carbonyl (C=O) groups excluding carboxylic acids is 1. The number of carbonyl (C=O) groups is 1. The summed E-state index contributed by atoms with van der Waals surface area (Å²) in [7, 11) is 3.33. The van der Waals surface area contributed by atoms with Crippen molar-refractivity contribution in [2.45, 2.75) is 31.7 Å². The Morgan fingerprint density at radius 2 is 1.62 bits per heavy atom. The second kappa shape index (κ2) is 12.6. The van der Waals surface area contributed by atoms with Crippen molar-refractivity contribution < 1.29 is 19.0 Å². The number of rotatable bonds is 9. The number of hydrazone groups is 1. The summed E-state index contributed by atoms with van der Waals surface area (Å²) >= 11 is 0. The number of piperidine rings is 1. The first-order valence-corrected chi connectivity index (χ1v) is 13.7. The smallest absolute Gasteiger partial charge is 0.322 e. The van der Waals surface area contributed by atoms with Gasteiger partial charge in [-0.25, -0.2) is 0 Å². The third-order valence-corrected chi connectivity index (χ3v) is 7.20. The normalized spacial score (nSPS) is 20.9. The fourth-order valence-corrected chi connectivity index (χ4v) is 5.06. The molecule has 2 heterocycles. The highest BCUT2D eigenvalue weighted by Crippen LogP contribution is 2.34. The summed E-state index contributed by atoms with van der Waals surface area (Å²) in [5, 5.41) is 6.63. The van der Waals surface area contributed by atoms with Gasteiger partial charge in [0.1, 0.15) is 11.5 Å². The lowest BCUT2D eigenvalue weighted by Crippen LogP contribution is -2.34. The van der Waals surface area contributed by atoms with E-state index in [9.17, 15) is 4.79 Å². The topological polar surface area (TPSA) is 66.8 Å². The number of methoxy groups -OCH3 is 2. The van der Waals surface area contributed by atoms with E-state index in [4.69, 9.17) is 14.2 Å². The zero-order valence-corrected chi connectivity index (χ0v) is 23.2. The molecule has 5 rings (SSSR count). The van der Waals surface area contributed by atoms with E-state index >= 15 is 0 Å². The molecule has 40 heavy (non-hydrogen) atoms. The lowest BCUT2D eigenvalue weighted by atomic mass is 9.99. The van der Waals surface area contributed by atoms with Crippen LogP contribution in [0.3, 0.4) is 0 Å². The molecule has 208 valence electrons. The third kappa shape index (κ3) is 6.06. The minimum Gasteiger partial charge on any atom is -0.497 e. The lowest BCUT2D eigenvalue weighted by molar-refractivity contribution is -0.122. The molecule has 0 spiro atoms. The predicted octanol–water partition coefficient (Wildman–Crippen LogP) is 5.78. The van der Waals surface area contributed by atoms with Gasteiger partial charge in [0.25, 0.3) is 5.91 Å². The van der Waals surface area contributed by atoms with Crippen LogP contribution in [-0.2, 0) is 9.53 Å². The molecule has 2 aliphatic heterocycles. The van der Waals surface area contributed by atoms with Gasteiger partial charge in [-0.15, -0.1) is 11.7 Å². The number of hydrogen-bond donors (Lipinski definition) is 0. The maximum absolute atomic E-state index is 13.2. The van der Waals surface area contributed by atoms with Gasteiger partial charge in [0.15, 0.2) is 5.76 Å². The average Bonchev–Trinajstić information content (AvgIpc) is 3.28. The molecule has 1 unspecified atom stereocenters. The first-order valence-electron chi connectivity index (χ1n) is 13.7. The number of ether oxygens (including phenoxy) is 3. The second-order valence-electron chi connectivity index (χ2n) is 9.84. The number of hydrogen-bond acceptors (Lipinski definition) is 7. The summed E-state index contributed by atoms with van der Waals surface area (Å²) < 4.78 is 16.7. The molecule has 1 amide bonds. The van der Waals surface area contributed by atoms with Crippen molar-refractivity contribution in [2.24, 2.45) is 5.10 Å². The molecule has 1 aliphatic carbocycles. The predicted molar refractivity (Wildman–Crippen MR) is 158 cm³/mol. The van der Waals surface area contributed by atoms with Crippen LogP contribution < -0.4 is 14.4 Å². The molecule has 0 aromatic heterocycles. The van der Waals surface area contributed by atoms with Crippen molar-refractivity contribution in [3.05, 3.63) is 96.8 Å². The van der Waals surface area contributed by atoms with Crippen LogP contribution in [-0.4, -0.2) is 61.7 Å². The van der Waals surface area contributed by atoms with Gasteiger partial charge < -0.3 is 19.1 Å². The lowest BCUT2D eigenvalue weighted by Gasteiger charge is -2.33. The Morgan fingerprint density at radius 1 is 1.00 bits per heavy atom. The van der Waals surface area contributed by atoms with Crippen LogP contribution in [0.5, 0.6) is 11.5 Å². The third-order valence-electron chi connectivity index (χ3n) is 7.20. The molecule has 0 N–H and O–H groups in total. The number of anilines is 2. The van der Waals surface area contributed by atoms with Crippen LogP contribution >= 0.6 is 0 Å². The molecule has 3 aliphatic rings. The van der Waals surface area contributed by atoms with Crippen molar-refractivity contribution in [1.29, 1.82) is 0 Å². The van der Waals surface area contributed by atoms with Crippen molar-refractivity contribution >= 4 is 23.3 Å². The summed E-state index contributed by atoms with van der Waals surface area (Å²) in [4.78, 5) is 17.0. The Bertz CT molecular complexity index is 1270. The maximum Gasteiger partial charge on any atom is 0.322 e. The highest BCUT2D eigenvalue weighted by molar-refractivity contribution is 6.09. The molecule has 0 radical (unpaired) electrons. The average molecular weight is 541 g/mol. The fourth-order valence-electron chi connectivity index (χ4n) is 5.06. The number of amidine groups is 1. The summed E-state index contributed by atoms with van der Waals surface area (Å²) in [6.45, 7) is 5.88. The monoisotopic (exact) mass is 540 g/mol. The van der Waals surface area contributed by atoms with E-state index < -0.39 is 0 Å². The van der Waals surface area contributed by atoms with Crippen molar-refractivity contribution in [1.82, 2.24) is 9.91 Å². The number of nitrogens with zero attached hydrogens (tertiary/aromatic N) is 4. The first kappa shape index (κ1) is 27.1. The van der Waals surface area contributed by atoms with Crippen LogP contribution in [0, 0.1) is 0 Å². The zero-order valence-electron chi connectivity index (χ0n) is 23.2. The highest BCUT2D eigenvalue weighted by atomic mass is 16.5. The van der Waals surface area contributed by atoms with E-state index in [1.54, 1.807) is 31.3 Å². The Hall–Kier alpha value is -4.46. The Kier molecular flexibility index (Phi) is 8.54. The summed E-state index contributed by atoms with van der Waals surface area (Å²) in [6, 6.07) is 16.5. The molecule has 0 saturated carbocycles. The number of allylic oxidation sites excluding steroid dienone is 3. The van der Waals surface area contributed by atoms with E-state index in [0.29, 0.717) is 12.6 Å². The van der Waals surface area contributed by atoms with Crippen LogP contribution in [0.15, 0.2) is 102 Å². The minimum atomic E-state index is -0.204. The molecule has 8 heteroatoms. The van der Waals surface area contributed by atoms with Gasteiger partial charge in [0.05, 0.1) is 20.3 Å².